The van der Waals surface area contributed by atoms with Crippen molar-refractivity contribution in [3.05, 3.63) is 36.2 Å². The molecule has 2 aromatic rings. The second-order valence-corrected chi connectivity index (χ2v) is 5.62. The molecule has 2 aromatic heterocycles. The molecule has 0 aliphatic carbocycles. The minimum atomic E-state index is 0.0733. The number of carbonyl (C=O) groups excluding carboxylic acids is 1. The number of nitrogens with one attached hydrogen (secondary N) is 1. The van der Waals surface area contributed by atoms with Crippen LogP contribution in [0, 0.1) is 5.92 Å². The Morgan fingerprint density at radius 2 is 2.36 bits per heavy atom. The molecule has 1 aliphatic heterocycles. The van der Waals surface area contributed by atoms with Crippen LogP contribution in [0.3, 0.4) is 0 Å². The van der Waals surface area contributed by atoms with Gasteiger partial charge in [-0.1, -0.05) is 6.07 Å². The highest BCUT2D eigenvalue weighted by Crippen LogP contribution is 2.21. The first-order valence-corrected chi connectivity index (χ1v) is 7.48. The largest absolute Gasteiger partial charge is 0.375 e. The highest BCUT2D eigenvalue weighted by Gasteiger charge is 2.26. The molecular formula is C16H20N4O2. The van der Waals surface area contributed by atoms with Crippen molar-refractivity contribution in [3.8, 4) is 11.4 Å². The van der Waals surface area contributed by atoms with Crippen LogP contribution >= 0.6 is 0 Å². The van der Waals surface area contributed by atoms with E-state index in [0.29, 0.717) is 5.92 Å². The average molecular weight is 300 g/mol. The summed E-state index contributed by atoms with van der Waals surface area (Å²) in [6.07, 6.45) is 3.63. The van der Waals surface area contributed by atoms with Crippen molar-refractivity contribution in [1.29, 1.82) is 0 Å². The quantitative estimate of drug-likeness (QED) is 0.908. The first-order chi connectivity index (χ1) is 10.8. The van der Waals surface area contributed by atoms with Gasteiger partial charge < -0.3 is 9.64 Å². The number of H-pyrrole nitrogens is 1. The summed E-state index contributed by atoms with van der Waals surface area (Å²) in [6, 6.07) is 7.94. The number of amides is 1. The van der Waals surface area contributed by atoms with Crippen molar-refractivity contribution >= 4 is 5.91 Å². The van der Waals surface area contributed by atoms with Gasteiger partial charge in [0.2, 0.25) is 5.91 Å². The molecule has 3 rings (SSSR count). The number of rotatable bonds is 5. The van der Waals surface area contributed by atoms with Gasteiger partial charge in [0, 0.05) is 32.1 Å². The van der Waals surface area contributed by atoms with E-state index in [1.165, 1.54) is 0 Å². The highest BCUT2D eigenvalue weighted by atomic mass is 16.5. The third-order valence-electron chi connectivity index (χ3n) is 3.99. The topological polar surface area (TPSA) is 71.1 Å². The number of hydrogen-bond donors (Lipinski definition) is 1. The number of nitrogens with zero attached hydrogens (tertiary/aromatic N) is 3. The molecule has 22 heavy (non-hydrogen) atoms. The van der Waals surface area contributed by atoms with Gasteiger partial charge >= 0.3 is 0 Å². The molecule has 6 nitrogen and oxygen atoms in total. The molecule has 0 radical (unpaired) electrons. The Kier molecular flexibility index (Phi) is 4.48. The molecule has 1 fully saturated rings. The first kappa shape index (κ1) is 14.7. The molecule has 3 heterocycles. The fraction of sp³-hybridized carbons (Fsp3) is 0.438. The van der Waals surface area contributed by atoms with Crippen molar-refractivity contribution in [3.63, 3.8) is 0 Å². The van der Waals surface area contributed by atoms with E-state index >= 15 is 0 Å². The minimum Gasteiger partial charge on any atom is -0.375 e. The lowest BCUT2D eigenvalue weighted by molar-refractivity contribution is -0.134. The second-order valence-electron chi connectivity index (χ2n) is 5.62. The molecule has 1 amide bonds. The van der Waals surface area contributed by atoms with Crippen LogP contribution in [0.5, 0.6) is 0 Å². The van der Waals surface area contributed by atoms with Crippen molar-refractivity contribution in [2.45, 2.75) is 12.8 Å². The number of hydrogen-bond acceptors (Lipinski definition) is 4. The zero-order chi connectivity index (χ0) is 15.4. The van der Waals surface area contributed by atoms with Gasteiger partial charge in [-0.25, -0.2) is 0 Å². The number of aromatic nitrogens is 3. The van der Waals surface area contributed by atoms with E-state index in [1.54, 1.807) is 13.3 Å². The van der Waals surface area contributed by atoms with Gasteiger partial charge in [-0.05, 0) is 37.0 Å². The molecule has 0 spiro atoms. The SMILES string of the molecule is COCC(=O)N1CC[C@H](Cc2cccc(-c3ccn[nH]3)n2)C1. The van der Waals surface area contributed by atoms with Crippen LogP contribution in [-0.2, 0) is 16.0 Å². The monoisotopic (exact) mass is 300 g/mol. The fourth-order valence-electron chi connectivity index (χ4n) is 2.88. The Bertz CT molecular complexity index is 627. The standard InChI is InChI=1S/C16H20N4O2/c1-22-11-16(21)20-8-6-12(10-20)9-13-3-2-4-14(18-13)15-5-7-17-19-15/h2-5,7,12H,6,8-11H2,1H3,(H,17,19)/t12-/m1/s1. The number of likely N-dealkylation sites (tertiary alicyclic amines) is 1. The van der Waals surface area contributed by atoms with Gasteiger partial charge in [-0.2, -0.15) is 5.10 Å². The molecule has 1 atom stereocenters. The van der Waals surface area contributed by atoms with Crippen LogP contribution < -0.4 is 0 Å². The van der Waals surface area contributed by atoms with E-state index in [0.717, 1.165) is 43.0 Å². The zero-order valence-electron chi connectivity index (χ0n) is 12.7. The van der Waals surface area contributed by atoms with Gasteiger partial charge in [-0.15, -0.1) is 0 Å². The normalized spacial score (nSPS) is 17.9. The van der Waals surface area contributed by atoms with Gasteiger partial charge in [0.1, 0.15) is 6.61 Å². The van der Waals surface area contributed by atoms with Crippen LogP contribution in [0.1, 0.15) is 12.1 Å². The fourth-order valence-corrected chi connectivity index (χ4v) is 2.88. The van der Waals surface area contributed by atoms with Gasteiger partial charge in [0.25, 0.3) is 0 Å². The average Bonchev–Trinajstić information content (AvgIpc) is 3.19. The molecular weight excluding hydrogens is 280 g/mol. The lowest BCUT2D eigenvalue weighted by Crippen LogP contribution is -2.31. The van der Waals surface area contributed by atoms with Gasteiger partial charge in [-0.3, -0.25) is 14.9 Å². The molecule has 0 unspecified atom stereocenters. The van der Waals surface area contributed by atoms with Gasteiger partial charge in [0.05, 0.1) is 11.4 Å². The lowest BCUT2D eigenvalue weighted by atomic mass is 10.0. The first-order valence-electron chi connectivity index (χ1n) is 7.48. The Balaban J connectivity index is 1.62. The number of aromatic amines is 1. The predicted molar refractivity (Wildman–Crippen MR) is 82.1 cm³/mol. The van der Waals surface area contributed by atoms with Gasteiger partial charge in [0.15, 0.2) is 0 Å². The highest BCUT2D eigenvalue weighted by molar-refractivity contribution is 5.77. The third kappa shape index (κ3) is 3.33. The van der Waals surface area contributed by atoms with Crippen molar-refractivity contribution in [1.82, 2.24) is 20.1 Å². The van der Waals surface area contributed by atoms with E-state index in [1.807, 2.05) is 29.2 Å². The minimum absolute atomic E-state index is 0.0733. The third-order valence-corrected chi connectivity index (χ3v) is 3.99. The van der Waals surface area contributed by atoms with Crippen molar-refractivity contribution < 1.29 is 9.53 Å². The number of pyridine rings is 1. The molecule has 1 N–H and O–H groups in total. The Hall–Kier alpha value is -2.21. The van der Waals surface area contributed by atoms with E-state index in [2.05, 4.69) is 15.2 Å². The molecule has 0 bridgehead atoms. The van der Waals surface area contributed by atoms with Crippen LogP contribution in [-0.4, -0.2) is 52.8 Å². The smallest absolute Gasteiger partial charge is 0.248 e. The second kappa shape index (κ2) is 6.70. The predicted octanol–water partition coefficient (Wildman–Crippen LogP) is 1.51. The maximum absolute atomic E-state index is 11.8. The van der Waals surface area contributed by atoms with Crippen LogP contribution in [0.2, 0.25) is 0 Å². The maximum Gasteiger partial charge on any atom is 0.248 e. The summed E-state index contributed by atoms with van der Waals surface area (Å²) in [5.41, 5.74) is 2.88. The van der Waals surface area contributed by atoms with Crippen LogP contribution in [0.4, 0.5) is 0 Å². The van der Waals surface area contributed by atoms with Crippen molar-refractivity contribution in [2.75, 3.05) is 26.8 Å². The molecule has 0 aromatic carbocycles. The molecule has 1 aliphatic rings. The lowest BCUT2D eigenvalue weighted by Gasteiger charge is -2.16. The maximum atomic E-state index is 11.8. The molecule has 6 heteroatoms. The number of ether oxygens (including phenoxy) is 1. The summed E-state index contributed by atoms with van der Waals surface area (Å²) in [5, 5.41) is 6.89. The Morgan fingerprint density at radius 1 is 1.45 bits per heavy atom. The van der Waals surface area contributed by atoms with E-state index in [-0.39, 0.29) is 12.5 Å². The van der Waals surface area contributed by atoms with Crippen molar-refractivity contribution in [2.24, 2.45) is 5.92 Å². The molecule has 1 saturated heterocycles. The summed E-state index contributed by atoms with van der Waals surface area (Å²) < 4.78 is 4.91. The summed E-state index contributed by atoms with van der Waals surface area (Å²) in [4.78, 5) is 18.4. The molecule has 0 saturated carbocycles. The summed E-state index contributed by atoms with van der Waals surface area (Å²) in [7, 11) is 1.55. The number of carbonyl (C=O) groups is 1. The number of methoxy groups -OCH3 is 1. The van der Waals surface area contributed by atoms with E-state index in [9.17, 15) is 4.79 Å². The van der Waals surface area contributed by atoms with E-state index in [4.69, 9.17) is 4.74 Å². The summed E-state index contributed by atoms with van der Waals surface area (Å²) in [5.74, 6) is 0.537. The van der Waals surface area contributed by atoms with E-state index < -0.39 is 0 Å². The Labute approximate surface area is 129 Å². The molecule has 116 valence electrons. The summed E-state index contributed by atoms with van der Waals surface area (Å²) in [6.45, 7) is 1.77. The Morgan fingerprint density at radius 3 is 3.14 bits per heavy atom. The summed E-state index contributed by atoms with van der Waals surface area (Å²) >= 11 is 0. The van der Waals surface area contributed by atoms with Crippen LogP contribution in [0.15, 0.2) is 30.5 Å². The zero-order valence-corrected chi connectivity index (χ0v) is 12.7. The van der Waals surface area contributed by atoms with Crippen LogP contribution in [0.25, 0.3) is 11.4 Å².